The predicted octanol–water partition coefficient (Wildman–Crippen LogP) is 2.73. The number of hydrogen-bond donors (Lipinski definition) is 2. The van der Waals surface area contributed by atoms with Crippen LogP contribution in [0.4, 0.5) is 0 Å². The SMILES string of the molecule is O=C(NC1C2CC3CC1CC(O)(C3)C2)c1cnc(Cl)nc1OC1CCC1. The Labute approximate surface area is 157 Å². The molecule has 7 heteroatoms. The molecular weight excluding hydrogens is 354 g/mol. The van der Waals surface area contributed by atoms with E-state index in [1.165, 1.54) is 6.20 Å². The van der Waals surface area contributed by atoms with E-state index in [2.05, 4.69) is 15.3 Å². The van der Waals surface area contributed by atoms with Crippen LogP contribution in [0.15, 0.2) is 6.20 Å². The minimum atomic E-state index is -0.500. The summed E-state index contributed by atoms with van der Waals surface area (Å²) in [5.74, 6) is 1.43. The third kappa shape index (κ3) is 2.87. The highest BCUT2D eigenvalue weighted by atomic mass is 35.5. The molecule has 140 valence electrons. The first-order valence-electron chi connectivity index (χ1n) is 9.71. The summed E-state index contributed by atoms with van der Waals surface area (Å²) in [5.41, 5.74) is -0.145. The van der Waals surface area contributed by atoms with E-state index in [0.29, 0.717) is 23.3 Å². The molecule has 1 aromatic rings. The van der Waals surface area contributed by atoms with E-state index >= 15 is 0 Å². The summed E-state index contributed by atoms with van der Waals surface area (Å²) in [6.45, 7) is 0. The van der Waals surface area contributed by atoms with Crippen LogP contribution in [0.3, 0.4) is 0 Å². The van der Waals surface area contributed by atoms with Crippen LogP contribution in [0.2, 0.25) is 5.28 Å². The maximum Gasteiger partial charge on any atom is 0.258 e. The van der Waals surface area contributed by atoms with Gasteiger partial charge in [0.2, 0.25) is 11.2 Å². The molecule has 5 saturated carbocycles. The molecule has 2 N–H and O–H groups in total. The lowest BCUT2D eigenvalue weighted by molar-refractivity contribution is -0.136. The highest BCUT2D eigenvalue weighted by molar-refractivity contribution is 6.28. The molecule has 2 atom stereocenters. The van der Waals surface area contributed by atoms with Crippen LogP contribution in [-0.2, 0) is 0 Å². The van der Waals surface area contributed by atoms with Gasteiger partial charge in [0, 0.05) is 12.2 Å². The maximum absolute atomic E-state index is 13.0. The standard InChI is InChI=1S/C19H24ClN3O3/c20-18-21-9-14(17(23-18)26-13-2-1-3-13)16(24)22-15-11-4-10-5-12(15)8-19(25,6-10)7-11/h9-13,15,25H,1-8H2,(H,22,24). The van der Waals surface area contributed by atoms with E-state index in [9.17, 15) is 9.90 Å². The summed E-state index contributed by atoms with van der Waals surface area (Å²) in [6, 6.07) is 0.117. The van der Waals surface area contributed by atoms with Crippen LogP contribution in [0.25, 0.3) is 0 Å². The van der Waals surface area contributed by atoms with Crippen LogP contribution >= 0.6 is 11.6 Å². The van der Waals surface area contributed by atoms with Gasteiger partial charge in [-0.3, -0.25) is 4.79 Å². The average Bonchev–Trinajstić information content (AvgIpc) is 2.53. The average molecular weight is 378 g/mol. The second-order valence-corrected chi connectivity index (χ2v) is 9.06. The molecule has 5 fully saturated rings. The predicted molar refractivity (Wildman–Crippen MR) is 95.1 cm³/mol. The molecule has 0 aromatic carbocycles. The van der Waals surface area contributed by atoms with Gasteiger partial charge in [0.1, 0.15) is 11.7 Å². The molecule has 0 aliphatic heterocycles. The topological polar surface area (TPSA) is 84.3 Å². The number of hydrogen-bond acceptors (Lipinski definition) is 5. The number of rotatable bonds is 4. The summed E-state index contributed by atoms with van der Waals surface area (Å²) in [6.07, 6.45) is 9.42. The molecule has 6 rings (SSSR count). The molecule has 1 aromatic heterocycles. The van der Waals surface area contributed by atoms with Crippen molar-refractivity contribution < 1.29 is 14.6 Å². The first kappa shape index (κ1) is 16.8. The Morgan fingerprint density at radius 2 is 2.00 bits per heavy atom. The van der Waals surface area contributed by atoms with Crippen molar-refractivity contribution in [2.75, 3.05) is 0 Å². The van der Waals surface area contributed by atoms with Crippen molar-refractivity contribution in [1.82, 2.24) is 15.3 Å². The molecule has 5 aliphatic rings. The van der Waals surface area contributed by atoms with Crippen LogP contribution in [0.5, 0.6) is 5.88 Å². The van der Waals surface area contributed by atoms with E-state index in [-0.39, 0.29) is 29.2 Å². The number of aromatic nitrogens is 2. The van der Waals surface area contributed by atoms with Gasteiger partial charge in [-0.25, -0.2) is 4.98 Å². The minimum absolute atomic E-state index is 0.0905. The van der Waals surface area contributed by atoms with E-state index in [0.717, 1.165) is 51.4 Å². The lowest BCUT2D eigenvalue weighted by Gasteiger charge is -2.58. The second-order valence-electron chi connectivity index (χ2n) is 8.72. The summed E-state index contributed by atoms with van der Waals surface area (Å²) in [4.78, 5) is 21.1. The Bertz CT molecular complexity index is 723. The van der Waals surface area contributed by atoms with Gasteiger partial charge in [-0.2, -0.15) is 4.98 Å². The zero-order chi connectivity index (χ0) is 17.9. The fourth-order valence-electron chi connectivity index (χ4n) is 5.68. The van der Waals surface area contributed by atoms with Gasteiger partial charge >= 0.3 is 0 Å². The molecule has 1 amide bonds. The lowest BCUT2D eigenvalue weighted by Crippen LogP contribution is -2.61. The number of nitrogens with zero attached hydrogens (tertiary/aromatic N) is 2. The Hall–Kier alpha value is -1.40. The van der Waals surface area contributed by atoms with E-state index in [1.807, 2.05) is 0 Å². The molecule has 2 unspecified atom stereocenters. The Balaban J connectivity index is 1.34. The molecule has 0 spiro atoms. The molecule has 6 nitrogen and oxygen atoms in total. The molecule has 4 bridgehead atoms. The monoisotopic (exact) mass is 377 g/mol. The van der Waals surface area contributed by atoms with Gasteiger partial charge in [0.05, 0.1) is 5.60 Å². The molecule has 0 radical (unpaired) electrons. The van der Waals surface area contributed by atoms with Crippen molar-refractivity contribution in [3.05, 3.63) is 17.0 Å². The summed E-state index contributed by atoms with van der Waals surface area (Å²) in [7, 11) is 0. The van der Waals surface area contributed by atoms with E-state index in [4.69, 9.17) is 16.3 Å². The number of carbonyl (C=O) groups excluding carboxylic acids is 1. The Morgan fingerprint density at radius 1 is 1.27 bits per heavy atom. The number of amides is 1. The van der Waals surface area contributed by atoms with Gasteiger partial charge in [0.15, 0.2) is 0 Å². The molecular formula is C19H24ClN3O3. The molecule has 5 aliphatic carbocycles. The zero-order valence-corrected chi connectivity index (χ0v) is 15.4. The first-order valence-corrected chi connectivity index (χ1v) is 10.1. The minimum Gasteiger partial charge on any atom is -0.474 e. The number of ether oxygens (including phenoxy) is 1. The first-order chi connectivity index (χ1) is 12.5. The Kier molecular flexibility index (Phi) is 3.90. The van der Waals surface area contributed by atoms with Gasteiger partial charge < -0.3 is 15.2 Å². The summed E-state index contributed by atoms with van der Waals surface area (Å²) < 4.78 is 5.87. The molecule has 1 heterocycles. The van der Waals surface area contributed by atoms with Gasteiger partial charge in [-0.15, -0.1) is 0 Å². The summed E-state index contributed by atoms with van der Waals surface area (Å²) in [5, 5.41) is 14.0. The van der Waals surface area contributed by atoms with Gasteiger partial charge in [-0.05, 0) is 80.7 Å². The van der Waals surface area contributed by atoms with Crippen molar-refractivity contribution >= 4 is 17.5 Å². The van der Waals surface area contributed by atoms with E-state index in [1.54, 1.807) is 0 Å². The van der Waals surface area contributed by atoms with Crippen LogP contribution in [-0.4, -0.2) is 38.7 Å². The third-order valence-corrected chi connectivity index (χ3v) is 7.02. The van der Waals surface area contributed by atoms with Crippen LogP contribution in [0.1, 0.15) is 61.7 Å². The van der Waals surface area contributed by atoms with Crippen molar-refractivity contribution in [3.8, 4) is 5.88 Å². The Morgan fingerprint density at radius 3 is 2.62 bits per heavy atom. The summed E-state index contributed by atoms with van der Waals surface area (Å²) >= 11 is 5.91. The largest absolute Gasteiger partial charge is 0.474 e. The number of carbonyl (C=O) groups is 1. The molecule has 26 heavy (non-hydrogen) atoms. The van der Waals surface area contributed by atoms with Crippen LogP contribution < -0.4 is 10.1 Å². The van der Waals surface area contributed by atoms with Crippen molar-refractivity contribution in [2.24, 2.45) is 17.8 Å². The van der Waals surface area contributed by atoms with Crippen molar-refractivity contribution in [2.45, 2.75) is 69.1 Å². The fourth-order valence-corrected chi connectivity index (χ4v) is 5.81. The highest BCUT2D eigenvalue weighted by Crippen LogP contribution is 2.55. The number of halogens is 1. The van der Waals surface area contributed by atoms with Gasteiger partial charge in [-0.1, -0.05) is 0 Å². The van der Waals surface area contributed by atoms with E-state index < -0.39 is 5.60 Å². The number of aliphatic hydroxyl groups is 1. The lowest BCUT2D eigenvalue weighted by atomic mass is 9.52. The molecule has 0 saturated heterocycles. The second kappa shape index (κ2) is 6.06. The smallest absolute Gasteiger partial charge is 0.258 e. The fraction of sp³-hybridized carbons (Fsp3) is 0.737. The normalized spacial score (nSPS) is 38.1. The maximum atomic E-state index is 13.0. The highest BCUT2D eigenvalue weighted by Gasteiger charge is 2.55. The van der Waals surface area contributed by atoms with Crippen molar-refractivity contribution in [1.29, 1.82) is 0 Å². The van der Waals surface area contributed by atoms with Crippen LogP contribution in [0, 0.1) is 17.8 Å². The van der Waals surface area contributed by atoms with Crippen molar-refractivity contribution in [3.63, 3.8) is 0 Å². The zero-order valence-electron chi connectivity index (χ0n) is 14.7. The third-order valence-electron chi connectivity index (χ3n) is 6.84. The number of nitrogens with one attached hydrogen (secondary N) is 1. The quantitative estimate of drug-likeness (QED) is 0.788. The van der Waals surface area contributed by atoms with Gasteiger partial charge in [0.25, 0.3) is 5.91 Å².